The van der Waals surface area contributed by atoms with Crippen molar-refractivity contribution >= 4 is 45.8 Å². The van der Waals surface area contributed by atoms with Gasteiger partial charge in [0.05, 0.1) is 24.4 Å². The van der Waals surface area contributed by atoms with Crippen LogP contribution in [-0.2, 0) is 11.3 Å². The number of hydrazine groups is 1. The lowest BCUT2D eigenvalue weighted by molar-refractivity contribution is -0.118. The molecule has 2 aromatic rings. The highest BCUT2D eigenvalue weighted by Gasteiger charge is 2.44. The molecule has 0 aliphatic carbocycles. The maximum atomic E-state index is 12.2. The number of fused-ring (bicyclic) bond motifs is 3. The molecule has 0 radical (unpaired) electrons. The third kappa shape index (κ3) is 4.02. The molecule has 1 aromatic carbocycles. The van der Waals surface area contributed by atoms with Crippen LogP contribution in [0.1, 0.15) is 22.9 Å². The van der Waals surface area contributed by atoms with Gasteiger partial charge in [-0.2, -0.15) is 5.10 Å². The van der Waals surface area contributed by atoms with Crippen LogP contribution < -0.4 is 16.2 Å². The van der Waals surface area contributed by atoms with Crippen LogP contribution in [0.25, 0.3) is 0 Å². The Morgan fingerprint density at radius 3 is 2.97 bits per heavy atom. The fourth-order valence-electron chi connectivity index (χ4n) is 3.84. The van der Waals surface area contributed by atoms with Crippen molar-refractivity contribution < 1.29 is 4.79 Å². The lowest BCUT2D eigenvalue weighted by Gasteiger charge is -2.36. The number of halogens is 1. The minimum Gasteiger partial charge on any atom is -0.350 e. The molecular formula is C20H21ClN6OS2. The summed E-state index contributed by atoms with van der Waals surface area (Å²) in [6, 6.07) is 12.4. The monoisotopic (exact) mass is 460 g/mol. The molecule has 1 aromatic heterocycles. The van der Waals surface area contributed by atoms with Gasteiger partial charge in [-0.1, -0.05) is 41.6 Å². The smallest absolute Gasteiger partial charge is 0.230 e. The number of thioether (sulfide) groups is 1. The molecule has 156 valence electrons. The first kappa shape index (κ1) is 19.7. The Balaban J connectivity index is 1.16. The number of thiophene rings is 1. The number of carbonyl (C=O) groups is 1. The van der Waals surface area contributed by atoms with E-state index in [1.54, 1.807) is 11.3 Å². The van der Waals surface area contributed by atoms with Crippen LogP contribution in [0, 0.1) is 0 Å². The molecule has 0 bridgehead atoms. The molecule has 10 heteroatoms. The van der Waals surface area contributed by atoms with Gasteiger partial charge in [-0.3, -0.25) is 10.2 Å². The molecule has 3 aliphatic rings. The van der Waals surface area contributed by atoms with Crippen molar-refractivity contribution in [1.29, 1.82) is 0 Å². The molecule has 4 heterocycles. The van der Waals surface area contributed by atoms with E-state index in [4.69, 9.17) is 11.6 Å². The van der Waals surface area contributed by atoms with Crippen LogP contribution in [0.3, 0.4) is 0 Å². The van der Waals surface area contributed by atoms with E-state index >= 15 is 0 Å². The van der Waals surface area contributed by atoms with Crippen molar-refractivity contribution in [3.05, 3.63) is 69.6 Å². The Morgan fingerprint density at radius 2 is 2.17 bits per heavy atom. The molecule has 3 atom stereocenters. The molecule has 0 saturated carbocycles. The van der Waals surface area contributed by atoms with E-state index in [-0.39, 0.29) is 24.2 Å². The minimum atomic E-state index is 0.00695. The fraction of sp³-hybridized carbons (Fsp3) is 0.300. The standard InChI is InChI=1S/C20H21ClN6OS2/c21-14-5-3-13(4-6-14)16-10-17-19-23-24-20(26(19)7-8-27(17)25-16)30-12-18(28)22-11-15-2-1-9-29-15/h1-9,16-17,19,23,25H,10-12H2,(H,22,28). The highest BCUT2D eigenvalue weighted by molar-refractivity contribution is 8.14. The summed E-state index contributed by atoms with van der Waals surface area (Å²) >= 11 is 9.11. The Bertz CT molecular complexity index is 964. The highest BCUT2D eigenvalue weighted by Crippen LogP contribution is 2.35. The molecule has 3 unspecified atom stereocenters. The van der Waals surface area contributed by atoms with Crippen molar-refractivity contribution in [1.82, 2.24) is 26.1 Å². The van der Waals surface area contributed by atoms with Gasteiger partial charge in [-0.05, 0) is 35.6 Å². The molecule has 7 nitrogen and oxygen atoms in total. The van der Waals surface area contributed by atoms with Crippen LogP contribution in [-0.4, -0.2) is 38.9 Å². The molecule has 0 spiro atoms. The van der Waals surface area contributed by atoms with Crippen molar-refractivity contribution in [2.24, 2.45) is 5.10 Å². The normalized spacial score (nSPS) is 24.3. The Labute approximate surface area is 188 Å². The Morgan fingerprint density at radius 1 is 1.30 bits per heavy atom. The molecule has 1 saturated heterocycles. The van der Waals surface area contributed by atoms with Crippen LogP contribution in [0.4, 0.5) is 0 Å². The number of carbonyl (C=O) groups excluding carboxylic acids is 1. The van der Waals surface area contributed by atoms with Gasteiger partial charge < -0.3 is 15.2 Å². The second-order valence-electron chi connectivity index (χ2n) is 7.26. The number of hydrogen-bond donors (Lipinski definition) is 3. The van der Waals surface area contributed by atoms with Crippen molar-refractivity contribution in [3.8, 4) is 0 Å². The highest BCUT2D eigenvalue weighted by atomic mass is 35.5. The van der Waals surface area contributed by atoms with Crippen LogP contribution in [0.5, 0.6) is 0 Å². The third-order valence-electron chi connectivity index (χ3n) is 5.35. The van der Waals surface area contributed by atoms with E-state index in [1.165, 1.54) is 17.3 Å². The average Bonchev–Trinajstić information content (AvgIpc) is 3.50. The zero-order chi connectivity index (χ0) is 20.5. The summed E-state index contributed by atoms with van der Waals surface area (Å²) in [6.45, 7) is 0.572. The van der Waals surface area contributed by atoms with Gasteiger partial charge in [0.15, 0.2) is 5.17 Å². The maximum absolute atomic E-state index is 12.2. The van der Waals surface area contributed by atoms with Gasteiger partial charge in [0, 0.05) is 22.3 Å². The van der Waals surface area contributed by atoms with Crippen LogP contribution in [0.2, 0.25) is 5.02 Å². The summed E-state index contributed by atoms with van der Waals surface area (Å²) < 4.78 is 0. The Hall–Kier alpha value is -2.20. The zero-order valence-corrected chi connectivity index (χ0v) is 18.4. The predicted molar refractivity (Wildman–Crippen MR) is 122 cm³/mol. The SMILES string of the molecule is O=C(CSC1=NNC2C3CC(c4ccc(Cl)cc4)NN3C=CN12)NCc1cccs1. The van der Waals surface area contributed by atoms with E-state index in [2.05, 4.69) is 43.3 Å². The Kier molecular flexibility index (Phi) is 5.60. The zero-order valence-electron chi connectivity index (χ0n) is 16.0. The van der Waals surface area contributed by atoms with Crippen LogP contribution >= 0.6 is 34.7 Å². The number of nitrogens with one attached hydrogen (secondary N) is 3. The second-order valence-corrected chi connectivity index (χ2v) is 9.67. The van der Waals surface area contributed by atoms with Crippen LogP contribution in [0.15, 0.2) is 59.3 Å². The summed E-state index contributed by atoms with van der Waals surface area (Å²) in [5.74, 6) is 0.343. The lowest BCUT2D eigenvalue weighted by atomic mass is 10.00. The number of amides is 1. The second kappa shape index (κ2) is 8.50. The van der Waals surface area contributed by atoms with E-state index in [1.807, 2.05) is 42.0 Å². The largest absolute Gasteiger partial charge is 0.350 e. The van der Waals surface area contributed by atoms with Crippen molar-refractivity contribution in [2.45, 2.75) is 31.2 Å². The molecule has 3 N–H and O–H groups in total. The van der Waals surface area contributed by atoms with E-state index in [9.17, 15) is 4.79 Å². The number of hydrazone groups is 1. The van der Waals surface area contributed by atoms with Gasteiger partial charge in [-0.25, -0.2) is 5.43 Å². The first-order valence-electron chi connectivity index (χ1n) is 9.69. The molecular weight excluding hydrogens is 440 g/mol. The topological polar surface area (TPSA) is 72.0 Å². The number of amidine groups is 1. The number of hydrogen-bond acceptors (Lipinski definition) is 8. The first-order valence-corrected chi connectivity index (χ1v) is 11.9. The maximum Gasteiger partial charge on any atom is 0.230 e. The molecule has 30 heavy (non-hydrogen) atoms. The summed E-state index contributed by atoms with van der Waals surface area (Å²) in [5.41, 5.74) is 8.01. The predicted octanol–water partition coefficient (Wildman–Crippen LogP) is 3.06. The van der Waals surface area contributed by atoms with Gasteiger partial charge in [0.2, 0.25) is 5.91 Å². The van der Waals surface area contributed by atoms with Gasteiger partial charge >= 0.3 is 0 Å². The van der Waals surface area contributed by atoms with E-state index in [0.717, 1.165) is 21.5 Å². The first-order chi connectivity index (χ1) is 14.7. The lowest BCUT2D eigenvalue weighted by Crippen LogP contribution is -2.54. The van der Waals surface area contributed by atoms with Gasteiger partial charge in [0.25, 0.3) is 0 Å². The molecule has 5 rings (SSSR count). The summed E-state index contributed by atoms with van der Waals surface area (Å²) in [7, 11) is 0. The van der Waals surface area contributed by atoms with Gasteiger partial charge in [-0.15, -0.1) is 11.3 Å². The minimum absolute atomic E-state index is 0.00695. The summed E-state index contributed by atoms with van der Waals surface area (Å²) in [5, 5.41) is 13.2. The van der Waals surface area contributed by atoms with Crippen molar-refractivity contribution in [2.75, 3.05) is 5.75 Å². The summed E-state index contributed by atoms with van der Waals surface area (Å²) in [6.07, 6.45) is 5.02. The van der Waals surface area contributed by atoms with Crippen molar-refractivity contribution in [3.63, 3.8) is 0 Å². The average molecular weight is 461 g/mol. The third-order valence-corrected chi connectivity index (χ3v) is 7.44. The van der Waals surface area contributed by atoms with Gasteiger partial charge in [0.1, 0.15) is 6.17 Å². The number of nitrogens with zero attached hydrogens (tertiary/aromatic N) is 3. The van der Waals surface area contributed by atoms with E-state index < -0.39 is 0 Å². The quantitative estimate of drug-likeness (QED) is 0.637. The summed E-state index contributed by atoms with van der Waals surface area (Å²) in [4.78, 5) is 15.5. The van der Waals surface area contributed by atoms with E-state index in [0.29, 0.717) is 12.3 Å². The number of benzene rings is 1. The molecule has 3 aliphatic heterocycles. The molecule has 1 fully saturated rings. The number of rotatable bonds is 5. The molecule has 1 amide bonds. The fourth-order valence-corrected chi connectivity index (χ4v) is 5.42.